The van der Waals surface area contributed by atoms with Crippen LogP contribution >= 0.6 is 11.3 Å². The monoisotopic (exact) mass is 305 g/mol. The number of aromatic nitrogens is 1. The summed E-state index contributed by atoms with van der Waals surface area (Å²) in [6, 6.07) is 7.47. The van der Waals surface area contributed by atoms with Crippen LogP contribution in [0.3, 0.4) is 0 Å². The van der Waals surface area contributed by atoms with E-state index in [9.17, 15) is 4.79 Å². The second-order valence-corrected chi connectivity index (χ2v) is 4.76. The van der Waals surface area contributed by atoms with E-state index in [1.54, 1.807) is 25.6 Å². The minimum absolute atomic E-state index is 0.281. The lowest BCUT2D eigenvalue weighted by atomic mass is 10.2. The largest absolute Gasteiger partial charge is 0.497 e. The Hall–Kier alpha value is -2.41. The van der Waals surface area contributed by atoms with Crippen LogP contribution in [0.25, 0.3) is 0 Å². The third-order valence-electron chi connectivity index (χ3n) is 2.48. The van der Waals surface area contributed by atoms with Crippen LogP contribution in [-0.2, 0) is 4.74 Å². The van der Waals surface area contributed by atoms with Crippen LogP contribution in [0, 0.1) is 0 Å². The molecule has 1 aromatic heterocycles. The fourth-order valence-electron chi connectivity index (χ4n) is 1.48. The number of anilines is 1. The molecular weight excluding hydrogens is 290 g/mol. The summed E-state index contributed by atoms with van der Waals surface area (Å²) in [5.74, 6) is 0.361. The number of ether oxygens (including phenoxy) is 2. The third-order valence-corrected chi connectivity index (χ3v) is 3.23. The van der Waals surface area contributed by atoms with E-state index in [4.69, 9.17) is 9.47 Å². The maximum absolute atomic E-state index is 11.5. The standard InChI is InChI=1S/C14H15N3O3S/c1-3-20-13(18)12-9-21-14(16-12)17-15-8-10-4-6-11(19-2)7-5-10/h4-9H,3H2,1-2H3,(H,16,17)/b15-8-. The molecule has 2 aromatic rings. The Bertz CT molecular complexity index is 623. The Kier molecular flexibility index (Phi) is 5.28. The first-order valence-electron chi connectivity index (χ1n) is 6.28. The van der Waals surface area contributed by atoms with Crippen molar-refractivity contribution in [3.8, 4) is 5.75 Å². The number of esters is 1. The molecular formula is C14H15N3O3S. The quantitative estimate of drug-likeness (QED) is 0.505. The maximum Gasteiger partial charge on any atom is 0.357 e. The van der Waals surface area contributed by atoms with E-state index in [-0.39, 0.29) is 5.69 Å². The minimum Gasteiger partial charge on any atom is -0.497 e. The van der Waals surface area contributed by atoms with Gasteiger partial charge in [0.15, 0.2) is 5.69 Å². The van der Waals surface area contributed by atoms with Gasteiger partial charge in [0.2, 0.25) is 5.13 Å². The van der Waals surface area contributed by atoms with Gasteiger partial charge in [-0.3, -0.25) is 5.43 Å². The van der Waals surface area contributed by atoms with E-state index < -0.39 is 5.97 Å². The number of carbonyl (C=O) groups is 1. The van der Waals surface area contributed by atoms with Gasteiger partial charge in [0, 0.05) is 5.38 Å². The lowest BCUT2D eigenvalue weighted by Gasteiger charge is -1.99. The second kappa shape index (κ2) is 7.39. The molecule has 1 N–H and O–H groups in total. The van der Waals surface area contributed by atoms with Crippen LogP contribution in [0.1, 0.15) is 23.0 Å². The summed E-state index contributed by atoms with van der Waals surface area (Å²) < 4.78 is 9.94. The van der Waals surface area contributed by atoms with Gasteiger partial charge in [0.1, 0.15) is 5.75 Å². The Morgan fingerprint density at radius 1 is 1.43 bits per heavy atom. The summed E-state index contributed by atoms with van der Waals surface area (Å²) in [6.45, 7) is 2.08. The number of carbonyl (C=O) groups excluding carboxylic acids is 1. The van der Waals surface area contributed by atoms with Gasteiger partial charge in [0.05, 0.1) is 19.9 Å². The predicted molar refractivity (Wildman–Crippen MR) is 82.3 cm³/mol. The van der Waals surface area contributed by atoms with Gasteiger partial charge in [-0.25, -0.2) is 9.78 Å². The maximum atomic E-state index is 11.5. The molecule has 1 aromatic carbocycles. The molecule has 0 bridgehead atoms. The van der Waals surface area contributed by atoms with Gasteiger partial charge in [-0.1, -0.05) is 0 Å². The predicted octanol–water partition coefficient (Wildman–Crippen LogP) is 2.77. The Labute approximate surface area is 126 Å². The van der Waals surface area contributed by atoms with E-state index in [1.807, 2.05) is 24.3 Å². The number of hydrazone groups is 1. The number of rotatable bonds is 6. The highest BCUT2D eigenvalue weighted by molar-refractivity contribution is 7.13. The average Bonchev–Trinajstić information content (AvgIpc) is 2.97. The van der Waals surface area contributed by atoms with Crippen molar-refractivity contribution in [2.24, 2.45) is 5.10 Å². The number of thiazole rings is 1. The molecule has 0 aliphatic carbocycles. The summed E-state index contributed by atoms with van der Waals surface area (Å²) in [7, 11) is 1.62. The fraction of sp³-hybridized carbons (Fsp3) is 0.214. The summed E-state index contributed by atoms with van der Waals surface area (Å²) in [5, 5.41) is 6.22. The van der Waals surface area contributed by atoms with Gasteiger partial charge in [-0.05, 0) is 36.8 Å². The zero-order chi connectivity index (χ0) is 15.1. The first-order valence-corrected chi connectivity index (χ1v) is 7.16. The molecule has 2 rings (SSSR count). The van der Waals surface area contributed by atoms with Crippen LogP contribution in [-0.4, -0.2) is 30.9 Å². The number of nitrogens with one attached hydrogen (secondary N) is 1. The molecule has 21 heavy (non-hydrogen) atoms. The zero-order valence-corrected chi connectivity index (χ0v) is 12.5. The Balaban J connectivity index is 1.93. The van der Waals surface area contributed by atoms with Gasteiger partial charge in [0.25, 0.3) is 0 Å². The molecule has 0 saturated carbocycles. The number of hydrogen-bond donors (Lipinski definition) is 1. The van der Waals surface area contributed by atoms with E-state index in [0.717, 1.165) is 11.3 Å². The molecule has 110 valence electrons. The summed E-state index contributed by atoms with van der Waals surface area (Å²) >= 11 is 1.29. The lowest BCUT2D eigenvalue weighted by molar-refractivity contribution is 0.0520. The highest BCUT2D eigenvalue weighted by Crippen LogP contribution is 2.16. The molecule has 0 spiro atoms. The van der Waals surface area contributed by atoms with Gasteiger partial charge < -0.3 is 9.47 Å². The first-order chi connectivity index (χ1) is 10.2. The summed E-state index contributed by atoms with van der Waals surface area (Å²) in [6.07, 6.45) is 1.66. The number of hydrogen-bond acceptors (Lipinski definition) is 7. The molecule has 0 saturated heterocycles. The van der Waals surface area contributed by atoms with E-state index in [0.29, 0.717) is 11.7 Å². The average molecular weight is 305 g/mol. The number of nitrogens with zero attached hydrogens (tertiary/aromatic N) is 2. The van der Waals surface area contributed by atoms with Crippen molar-refractivity contribution in [3.63, 3.8) is 0 Å². The van der Waals surface area contributed by atoms with Crippen molar-refractivity contribution in [1.29, 1.82) is 0 Å². The molecule has 0 fully saturated rings. The molecule has 1 heterocycles. The van der Waals surface area contributed by atoms with Crippen molar-refractivity contribution in [1.82, 2.24) is 4.98 Å². The van der Waals surface area contributed by atoms with E-state index in [2.05, 4.69) is 15.5 Å². The van der Waals surface area contributed by atoms with Crippen LogP contribution in [0.5, 0.6) is 5.75 Å². The Morgan fingerprint density at radius 2 is 2.19 bits per heavy atom. The van der Waals surface area contributed by atoms with E-state index in [1.165, 1.54) is 11.3 Å². The summed E-state index contributed by atoms with van der Waals surface area (Å²) in [5.41, 5.74) is 3.98. The topological polar surface area (TPSA) is 72.8 Å². The van der Waals surface area contributed by atoms with Crippen molar-refractivity contribution in [3.05, 3.63) is 40.9 Å². The van der Waals surface area contributed by atoms with E-state index >= 15 is 0 Å². The molecule has 6 nitrogen and oxygen atoms in total. The van der Waals surface area contributed by atoms with Crippen molar-refractivity contribution in [2.45, 2.75) is 6.92 Å². The molecule has 0 radical (unpaired) electrons. The number of benzene rings is 1. The fourth-order valence-corrected chi connectivity index (χ4v) is 2.10. The van der Waals surface area contributed by atoms with Crippen molar-refractivity contribution in [2.75, 3.05) is 19.1 Å². The van der Waals surface area contributed by atoms with Crippen LogP contribution in [0.2, 0.25) is 0 Å². The van der Waals surface area contributed by atoms with Gasteiger partial charge in [-0.2, -0.15) is 5.10 Å². The number of methoxy groups -OCH3 is 1. The van der Waals surface area contributed by atoms with Crippen LogP contribution in [0.15, 0.2) is 34.7 Å². The Morgan fingerprint density at radius 3 is 2.86 bits per heavy atom. The molecule has 0 aliphatic rings. The molecule has 0 amide bonds. The van der Waals surface area contributed by atoms with Crippen molar-refractivity contribution < 1.29 is 14.3 Å². The minimum atomic E-state index is -0.430. The molecule has 0 unspecified atom stereocenters. The highest BCUT2D eigenvalue weighted by Gasteiger charge is 2.10. The highest BCUT2D eigenvalue weighted by atomic mass is 32.1. The smallest absolute Gasteiger partial charge is 0.357 e. The molecule has 0 aliphatic heterocycles. The molecule has 0 atom stereocenters. The second-order valence-electron chi connectivity index (χ2n) is 3.90. The first kappa shape index (κ1) is 15.0. The summed E-state index contributed by atoms with van der Waals surface area (Å²) in [4.78, 5) is 15.5. The van der Waals surface area contributed by atoms with Crippen LogP contribution < -0.4 is 10.2 Å². The zero-order valence-electron chi connectivity index (χ0n) is 11.7. The van der Waals surface area contributed by atoms with Gasteiger partial charge >= 0.3 is 5.97 Å². The van der Waals surface area contributed by atoms with Crippen LogP contribution in [0.4, 0.5) is 5.13 Å². The third kappa shape index (κ3) is 4.28. The normalized spacial score (nSPS) is 10.6. The van der Waals surface area contributed by atoms with Gasteiger partial charge in [-0.15, -0.1) is 11.3 Å². The lowest BCUT2D eigenvalue weighted by Crippen LogP contribution is -2.04. The van der Waals surface area contributed by atoms with Crippen molar-refractivity contribution >= 4 is 28.7 Å². The SMILES string of the molecule is CCOC(=O)c1csc(N/N=C\c2ccc(OC)cc2)n1. The molecule has 7 heteroatoms.